The van der Waals surface area contributed by atoms with E-state index in [1.54, 1.807) is 4.90 Å². The summed E-state index contributed by atoms with van der Waals surface area (Å²) >= 11 is 1.54. The van der Waals surface area contributed by atoms with E-state index in [0.717, 1.165) is 29.0 Å². The fraction of sp³-hybridized carbons (Fsp3) is 0.429. The number of thiophene rings is 1. The molecule has 1 aromatic carbocycles. The van der Waals surface area contributed by atoms with E-state index >= 15 is 0 Å². The second kappa shape index (κ2) is 9.69. The Morgan fingerprint density at radius 2 is 1.77 bits per heavy atom. The minimum absolute atomic E-state index is 0.0260. The van der Waals surface area contributed by atoms with Gasteiger partial charge in [0, 0.05) is 36.7 Å². The number of benzene rings is 1. The number of piperazine rings is 1. The Labute approximate surface area is 182 Å². The first kappa shape index (κ1) is 23.1. The van der Waals surface area contributed by atoms with Crippen LogP contribution in [-0.4, -0.2) is 60.7 Å². The number of hydrogen-bond donors (Lipinski definition) is 1. The van der Waals surface area contributed by atoms with Gasteiger partial charge in [0.2, 0.25) is 5.91 Å². The predicted octanol–water partition coefficient (Wildman–Crippen LogP) is 3.91. The van der Waals surface area contributed by atoms with Crippen molar-refractivity contribution in [3.05, 3.63) is 45.6 Å². The van der Waals surface area contributed by atoms with Crippen LogP contribution in [0.25, 0.3) is 0 Å². The number of amides is 2. The van der Waals surface area contributed by atoms with Crippen LogP contribution >= 0.6 is 11.3 Å². The average molecular weight is 456 g/mol. The molecule has 0 spiro atoms. The zero-order valence-corrected chi connectivity index (χ0v) is 18.1. The molecule has 31 heavy (non-hydrogen) atoms. The number of aryl methyl sites for hydroxylation is 2. The van der Waals surface area contributed by atoms with Crippen LogP contribution in [0.1, 0.15) is 27.0 Å². The molecule has 2 aromatic rings. The van der Waals surface area contributed by atoms with Crippen LogP contribution in [0.4, 0.5) is 18.9 Å². The third kappa shape index (κ3) is 6.44. The molecule has 0 bridgehead atoms. The monoisotopic (exact) mass is 455 g/mol. The molecule has 0 unspecified atom stereocenters. The number of halogens is 3. The molecule has 3 rings (SSSR count). The second-order valence-corrected chi connectivity index (χ2v) is 8.40. The zero-order chi connectivity index (χ0) is 22.6. The van der Waals surface area contributed by atoms with Crippen molar-refractivity contribution in [2.45, 2.75) is 26.6 Å². The molecule has 1 N–H and O–H groups in total. The number of nitrogens with zero attached hydrogens (tertiary/aromatic N) is 2. The van der Waals surface area contributed by atoms with Crippen molar-refractivity contribution in [3.63, 3.8) is 0 Å². The van der Waals surface area contributed by atoms with Crippen LogP contribution in [0.3, 0.4) is 0 Å². The molecule has 0 radical (unpaired) electrons. The summed E-state index contributed by atoms with van der Waals surface area (Å²) in [6, 6.07) is 6.93. The van der Waals surface area contributed by atoms with Gasteiger partial charge < -0.3 is 15.0 Å². The summed E-state index contributed by atoms with van der Waals surface area (Å²) in [5.74, 6) is -0.595. The minimum atomic E-state index is -4.76. The fourth-order valence-electron chi connectivity index (χ4n) is 3.38. The SMILES string of the molecule is CCc1sc(C(=O)N2CCN(CC(=O)Nc3ccc(OC(F)(F)F)cc3)CC2)cc1C. The maximum atomic E-state index is 12.7. The number of anilines is 1. The third-order valence-electron chi connectivity index (χ3n) is 4.95. The Morgan fingerprint density at radius 1 is 1.13 bits per heavy atom. The summed E-state index contributed by atoms with van der Waals surface area (Å²) in [5, 5.41) is 2.66. The van der Waals surface area contributed by atoms with Crippen molar-refractivity contribution in [1.29, 1.82) is 0 Å². The molecular formula is C21H24F3N3O3S. The van der Waals surface area contributed by atoms with E-state index in [1.807, 2.05) is 17.9 Å². The van der Waals surface area contributed by atoms with Gasteiger partial charge in [0.25, 0.3) is 5.91 Å². The summed E-state index contributed by atoms with van der Waals surface area (Å²) in [7, 11) is 0. The molecule has 1 saturated heterocycles. The molecule has 0 saturated carbocycles. The van der Waals surface area contributed by atoms with Crippen LogP contribution < -0.4 is 10.1 Å². The van der Waals surface area contributed by atoms with E-state index in [0.29, 0.717) is 31.9 Å². The van der Waals surface area contributed by atoms with Crippen molar-refractivity contribution in [2.24, 2.45) is 0 Å². The molecule has 0 atom stereocenters. The molecule has 6 nitrogen and oxygen atoms in total. The minimum Gasteiger partial charge on any atom is -0.406 e. The van der Waals surface area contributed by atoms with Gasteiger partial charge in [0.15, 0.2) is 0 Å². The molecule has 10 heteroatoms. The predicted molar refractivity (Wildman–Crippen MR) is 113 cm³/mol. The van der Waals surface area contributed by atoms with Gasteiger partial charge in [-0.3, -0.25) is 14.5 Å². The van der Waals surface area contributed by atoms with Gasteiger partial charge in [0.05, 0.1) is 11.4 Å². The summed E-state index contributed by atoms with van der Waals surface area (Å²) in [6.45, 7) is 6.44. The lowest BCUT2D eigenvalue weighted by Gasteiger charge is -2.34. The summed E-state index contributed by atoms with van der Waals surface area (Å²) in [6.07, 6.45) is -3.85. The lowest BCUT2D eigenvalue weighted by atomic mass is 10.2. The number of ether oxygens (including phenoxy) is 1. The van der Waals surface area contributed by atoms with Crippen LogP contribution in [0.2, 0.25) is 0 Å². The van der Waals surface area contributed by atoms with Crippen LogP contribution in [0, 0.1) is 6.92 Å². The highest BCUT2D eigenvalue weighted by Gasteiger charge is 2.31. The first-order chi connectivity index (χ1) is 14.6. The normalized spacial score (nSPS) is 15.1. The van der Waals surface area contributed by atoms with Gasteiger partial charge in [0.1, 0.15) is 5.75 Å². The molecular weight excluding hydrogens is 431 g/mol. The van der Waals surface area contributed by atoms with Crippen LogP contribution in [0.15, 0.2) is 30.3 Å². The lowest BCUT2D eigenvalue weighted by Crippen LogP contribution is -2.50. The number of alkyl halides is 3. The van der Waals surface area contributed by atoms with Crippen molar-refractivity contribution >= 4 is 28.8 Å². The molecule has 2 amide bonds. The zero-order valence-electron chi connectivity index (χ0n) is 17.3. The number of hydrogen-bond acceptors (Lipinski definition) is 5. The van der Waals surface area contributed by atoms with Gasteiger partial charge in [-0.05, 0) is 49.2 Å². The summed E-state index contributed by atoms with van der Waals surface area (Å²) in [5.41, 5.74) is 1.53. The number of nitrogens with one attached hydrogen (secondary N) is 1. The van der Waals surface area contributed by atoms with Gasteiger partial charge in [-0.15, -0.1) is 24.5 Å². The Bertz CT molecular complexity index is 920. The van der Waals surface area contributed by atoms with Gasteiger partial charge in [-0.1, -0.05) is 6.92 Å². The maximum absolute atomic E-state index is 12.7. The topological polar surface area (TPSA) is 61.9 Å². The third-order valence-corrected chi connectivity index (χ3v) is 6.32. The number of carbonyl (C=O) groups excluding carboxylic acids is 2. The summed E-state index contributed by atoms with van der Waals surface area (Å²) in [4.78, 5) is 30.7. The molecule has 1 aromatic heterocycles. The smallest absolute Gasteiger partial charge is 0.406 e. The molecule has 0 aliphatic carbocycles. The van der Waals surface area contributed by atoms with Gasteiger partial charge >= 0.3 is 6.36 Å². The second-order valence-electron chi connectivity index (χ2n) is 7.26. The highest BCUT2D eigenvalue weighted by molar-refractivity contribution is 7.14. The molecule has 1 aliphatic rings. The molecule has 1 fully saturated rings. The fourth-order valence-corrected chi connectivity index (χ4v) is 4.47. The standard InChI is InChI=1S/C21H24F3N3O3S/c1-3-17-14(2)12-18(31-17)20(29)27-10-8-26(9-11-27)13-19(28)25-15-4-6-16(7-5-15)30-21(22,23)24/h4-7,12H,3,8-11,13H2,1-2H3,(H,25,28). The maximum Gasteiger partial charge on any atom is 0.573 e. The highest BCUT2D eigenvalue weighted by atomic mass is 32.1. The van der Waals surface area contributed by atoms with E-state index in [1.165, 1.54) is 28.3 Å². The van der Waals surface area contributed by atoms with Gasteiger partial charge in [-0.2, -0.15) is 0 Å². The largest absolute Gasteiger partial charge is 0.573 e. The Kier molecular flexibility index (Phi) is 7.22. The quantitative estimate of drug-likeness (QED) is 0.718. The van der Waals surface area contributed by atoms with E-state index in [2.05, 4.69) is 17.0 Å². The first-order valence-electron chi connectivity index (χ1n) is 9.91. The first-order valence-corrected chi connectivity index (χ1v) is 10.7. The average Bonchev–Trinajstić information content (AvgIpc) is 3.09. The van der Waals surface area contributed by atoms with Gasteiger partial charge in [-0.25, -0.2) is 0 Å². The van der Waals surface area contributed by atoms with Crippen molar-refractivity contribution < 1.29 is 27.5 Å². The van der Waals surface area contributed by atoms with E-state index in [-0.39, 0.29) is 24.1 Å². The van der Waals surface area contributed by atoms with Crippen molar-refractivity contribution in [1.82, 2.24) is 9.80 Å². The van der Waals surface area contributed by atoms with E-state index in [9.17, 15) is 22.8 Å². The molecule has 2 heterocycles. The van der Waals surface area contributed by atoms with Crippen molar-refractivity contribution in [2.75, 3.05) is 38.0 Å². The number of rotatable bonds is 6. The van der Waals surface area contributed by atoms with Crippen LogP contribution in [-0.2, 0) is 11.2 Å². The molecule has 168 valence electrons. The van der Waals surface area contributed by atoms with E-state index in [4.69, 9.17) is 0 Å². The Morgan fingerprint density at radius 3 is 2.32 bits per heavy atom. The number of carbonyl (C=O) groups is 2. The lowest BCUT2D eigenvalue weighted by molar-refractivity contribution is -0.274. The van der Waals surface area contributed by atoms with Crippen LogP contribution in [0.5, 0.6) is 5.75 Å². The Hall–Kier alpha value is -2.59. The van der Waals surface area contributed by atoms with E-state index < -0.39 is 6.36 Å². The highest BCUT2D eigenvalue weighted by Crippen LogP contribution is 2.25. The summed E-state index contributed by atoms with van der Waals surface area (Å²) < 4.78 is 40.4. The Balaban J connectivity index is 1.46. The molecule has 1 aliphatic heterocycles. The van der Waals surface area contributed by atoms with Crippen molar-refractivity contribution in [3.8, 4) is 5.75 Å².